The van der Waals surface area contributed by atoms with Gasteiger partial charge in [0.2, 0.25) is 0 Å². The predicted octanol–water partition coefficient (Wildman–Crippen LogP) is 3.89. The normalized spacial score (nSPS) is 41.2. The van der Waals surface area contributed by atoms with Crippen molar-refractivity contribution < 1.29 is 0 Å². The molecule has 0 bridgehead atoms. The number of rotatable bonds is 0. The first-order valence-corrected chi connectivity index (χ1v) is 7.81. The van der Waals surface area contributed by atoms with Gasteiger partial charge in [0.25, 0.3) is 0 Å². The second kappa shape index (κ2) is 4.53. The Morgan fingerprint density at radius 2 is 2.00 bits per heavy atom. The summed E-state index contributed by atoms with van der Waals surface area (Å²) in [4.78, 5) is 0.406. The molecule has 2 rings (SSSR count). The average molecular weight is 241 g/mol. The van der Waals surface area contributed by atoms with Crippen molar-refractivity contribution in [3.05, 3.63) is 0 Å². The van der Waals surface area contributed by atoms with E-state index in [4.69, 9.17) is 0 Å². The third-order valence-corrected chi connectivity index (χ3v) is 6.16. The van der Waals surface area contributed by atoms with Crippen molar-refractivity contribution in [2.45, 2.75) is 58.2 Å². The molecule has 16 heavy (non-hydrogen) atoms. The third-order valence-electron chi connectivity index (χ3n) is 4.27. The fourth-order valence-corrected chi connectivity index (χ4v) is 5.25. The van der Waals surface area contributed by atoms with Crippen LogP contribution in [0.2, 0.25) is 0 Å². The highest BCUT2D eigenvalue weighted by molar-refractivity contribution is 8.00. The second-order valence-corrected chi connectivity index (χ2v) is 8.20. The number of nitrogens with one attached hydrogen (secondary N) is 1. The Labute approximate surface area is 105 Å². The Hall–Kier alpha value is 0.310. The number of hydrogen-bond donors (Lipinski definition) is 1. The molecule has 1 aliphatic heterocycles. The van der Waals surface area contributed by atoms with Gasteiger partial charge in [-0.1, -0.05) is 40.5 Å². The Morgan fingerprint density at radius 1 is 1.25 bits per heavy atom. The third kappa shape index (κ3) is 2.43. The van der Waals surface area contributed by atoms with Crippen molar-refractivity contribution in [1.82, 2.24) is 5.32 Å². The summed E-state index contributed by atoms with van der Waals surface area (Å²) in [5.41, 5.74) is 0.445. The molecule has 94 valence electrons. The zero-order valence-corrected chi connectivity index (χ0v) is 12.1. The predicted molar refractivity (Wildman–Crippen MR) is 73.8 cm³/mol. The van der Waals surface area contributed by atoms with E-state index in [1.165, 1.54) is 38.0 Å². The maximum absolute atomic E-state index is 3.90. The zero-order valence-electron chi connectivity index (χ0n) is 11.3. The summed E-state index contributed by atoms with van der Waals surface area (Å²) >= 11 is 2.22. The van der Waals surface area contributed by atoms with E-state index in [-0.39, 0.29) is 0 Å². The summed E-state index contributed by atoms with van der Waals surface area (Å²) in [5, 5.41) is 3.90. The van der Waals surface area contributed by atoms with Crippen molar-refractivity contribution in [3.63, 3.8) is 0 Å². The summed E-state index contributed by atoms with van der Waals surface area (Å²) < 4.78 is 0. The standard InChI is InChI=1S/C14H27NS/c1-11-9-15-14(16-10-11)8-6-5-7-12(14)13(2,3)4/h11-12,15H,5-10H2,1-4H3. The van der Waals surface area contributed by atoms with Crippen LogP contribution in [0.3, 0.4) is 0 Å². The highest BCUT2D eigenvalue weighted by Gasteiger charge is 2.47. The summed E-state index contributed by atoms with van der Waals surface area (Å²) in [6.07, 6.45) is 5.65. The molecule has 0 amide bonds. The van der Waals surface area contributed by atoms with Crippen molar-refractivity contribution >= 4 is 11.8 Å². The molecule has 1 N–H and O–H groups in total. The van der Waals surface area contributed by atoms with E-state index < -0.39 is 0 Å². The maximum Gasteiger partial charge on any atom is 0.0678 e. The van der Waals surface area contributed by atoms with Crippen LogP contribution in [-0.2, 0) is 0 Å². The van der Waals surface area contributed by atoms with Crippen LogP contribution in [0.1, 0.15) is 53.4 Å². The number of hydrogen-bond acceptors (Lipinski definition) is 2. The van der Waals surface area contributed by atoms with Gasteiger partial charge in [0, 0.05) is 0 Å². The largest absolute Gasteiger partial charge is 0.302 e. The fourth-order valence-electron chi connectivity index (χ4n) is 3.41. The molecule has 1 nitrogen and oxygen atoms in total. The second-order valence-electron chi connectivity index (χ2n) is 6.85. The first-order chi connectivity index (χ1) is 7.44. The van der Waals surface area contributed by atoms with E-state index in [1.807, 2.05) is 0 Å². The molecule has 1 saturated heterocycles. The van der Waals surface area contributed by atoms with Crippen LogP contribution >= 0.6 is 11.8 Å². The molecular formula is C14H27NS. The van der Waals surface area contributed by atoms with Gasteiger partial charge in [0.1, 0.15) is 0 Å². The van der Waals surface area contributed by atoms with Gasteiger partial charge in [-0.3, -0.25) is 0 Å². The van der Waals surface area contributed by atoms with E-state index in [0.29, 0.717) is 10.3 Å². The molecule has 1 spiro atoms. The topological polar surface area (TPSA) is 12.0 Å². The smallest absolute Gasteiger partial charge is 0.0678 e. The minimum absolute atomic E-state index is 0.406. The Balaban J connectivity index is 2.15. The molecule has 0 aromatic carbocycles. The van der Waals surface area contributed by atoms with E-state index >= 15 is 0 Å². The SMILES string of the molecule is CC1CNC2(CCCCC2C(C)(C)C)SC1. The molecule has 1 heterocycles. The van der Waals surface area contributed by atoms with Crippen molar-refractivity contribution in [1.29, 1.82) is 0 Å². The molecule has 3 atom stereocenters. The average Bonchev–Trinajstić information content (AvgIpc) is 2.22. The molecule has 0 aromatic rings. The van der Waals surface area contributed by atoms with Crippen LogP contribution < -0.4 is 5.32 Å². The summed E-state index contributed by atoms with van der Waals surface area (Å²) in [6, 6.07) is 0. The zero-order chi connectivity index (χ0) is 11.8. The first-order valence-electron chi connectivity index (χ1n) is 6.83. The highest BCUT2D eigenvalue weighted by Crippen LogP contribution is 2.51. The number of thioether (sulfide) groups is 1. The van der Waals surface area contributed by atoms with Gasteiger partial charge >= 0.3 is 0 Å². The van der Waals surface area contributed by atoms with E-state index in [1.54, 1.807) is 0 Å². The van der Waals surface area contributed by atoms with Gasteiger partial charge in [0.15, 0.2) is 0 Å². The highest BCUT2D eigenvalue weighted by atomic mass is 32.2. The van der Waals surface area contributed by atoms with E-state index in [9.17, 15) is 0 Å². The quantitative estimate of drug-likeness (QED) is 0.690. The molecule has 0 radical (unpaired) electrons. The van der Waals surface area contributed by atoms with Crippen molar-refractivity contribution in [3.8, 4) is 0 Å². The summed E-state index contributed by atoms with van der Waals surface area (Å²) in [7, 11) is 0. The van der Waals surface area contributed by atoms with E-state index in [0.717, 1.165) is 11.8 Å². The van der Waals surface area contributed by atoms with Gasteiger partial charge in [-0.25, -0.2) is 0 Å². The monoisotopic (exact) mass is 241 g/mol. The van der Waals surface area contributed by atoms with Gasteiger partial charge in [-0.15, -0.1) is 11.8 Å². The molecule has 2 fully saturated rings. The summed E-state index contributed by atoms with van der Waals surface area (Å²) in [6.45, 7) is 10.8. The Bertz CT molecular complexity index is 236. The van der Waals surface area contributed by atoms with Crippen molar-refractivity contribution in [2.24, 2.45) is 17.3 Å². The van der Waals surface area contributed by atoms with Crippen molar-refractivity contribution in [2.75, 3.05) is 12.3 Å². The Kier molecular flexibility index (Phi) is 3.61. The fraction of sp³-hybridized carbons (Fsp3) is 1.00. The lowest BCUT2D eigenvalue weighted by atomic mass is 9.69. The minimum Gasteiger partial charge on any atom is -0.302 e. The molecule has 2 aliphatic rings. The lowest BCUT2D eigenvalue weighted by Gasteiger charge is -2.53. The molecular weight excluding hydrogens is 214 g/mol. The molecule has 1 aliphatic carbocycles. The molecule has 1 saturated carbocycles. The lowest BCUT2D eigenvalue weighted by molar-refractivity contribution is 0.105. The van der Waals surface area contributed by atoms with Crippen LogP contribution in [0.15, 0.2) is 0 Å². The van der Waals surface area contributed by atoms with Gasteiger partial charge in [-0.2, -0.15) is 0 Å². The lowest BCUT2D eigenvalue weighted by Crippen LogP contribution is -2.58. The van der Waals surface area contributed by atoms with Crippen LogP contribution in [0.25, 0.3) is 0 Å². The van der Waals surface area contributed by atoms with Crippen LogP contribution in [0.5, 0.6) is 0 Å². The Morgan fingerprint density at radius 3 is 2.56 bits per heavy atom. The van der Waals surface area contributed by atoms with Crippen LogP contribution in [0.4, 0.5) is 0 Å². The summed E-state index contributed by atoms with van der Waals surface area (Å²) in [5.74, 6) is 3.03. The first kappa shape index (κ1) is 12.8. The minimum atomic E-state index is 0.406. The molecule has 0 aromatic heterocycles. The van der Waals surface area contributed by atoms with Gasteiger partial charge in [0.05, 0.1) is 4.87 Å². The van der Waals surface area contributed by atoms with Crippen LogP contribution in [0, 0.1) is 17.3 Å². The van der Waals surface area contributed by atoms with Crippen LogP contribution in [-0.4, -0.2) is 17.2 Å². The van der Waals surface area contributed by atoms with Gasteiger partial charge in [-0.05, 0) is 42.4 Å². The maximum atomic E-state index is 3.90. The van der Waals surface area contributed by atoms with Gasteiger partial charge < -0.3 is 5.32 Å². The molecule has 2 heteroatoms. The van der Waals surface area contributed by atoms with E-state index in [2.05, 4.69) is 44.8 Å². The molecule has 3 unspecified atom stereocenters.